The maximum absolute atomic E-state index is 12.7. The van der Waals surface area contributed by atoms with Gasteiger partial charge in [0.25, 0.3) is 5.91 Å². The molecule has 152 valence electrons. The molecule has 0 unspecified atom stereocenters. The zero-order chi connectivity index (χ0) is 21.5. The lowest BCUT2D eigenvalue weighted by molar-refractivity contribution is -0.139. The Hall–Kier alpha value is -3.61. The Morgan fingerprint density at radius 3 is 1.80 bits per heavy atom. The van der Waals surface area contributed by atoms with E-state index < -0.39 is 35.6 Å². The monoisotopic (exact) mass is 411 g/mol. The number of carbonyl (C=O) groups excluding carboxylic acids is 1. The van der Waals surface area contributed by atoms with Crippen molar-refractivity contribution in [3.8, 4) is 11.1 Å². The molecule has 0 bridgehead atoms. The fourth-order valence-electron chi connectivity index (χ4n) is 3.88. The molecule has 30 heavy (non-hydrogen) atoms. The predicted molar refractivity (Wildman–Crippen MR) is 104 cm³/mol. The molecular formula is C23H16F3NO3. The van der Waals surface area contributed by atoms with Gasteiger partial charge in [0.2, 0.25) is 0 Å². The Bertz CT molecular complexity index is 1080. The highest BCUT2D eigenvalue weighted by Crippen LogP contribution is 2.46. The van der Waals surface area contributed by atoms with Gasteiger partial charge in [-0.1, -0.05) is 48.5 Å². The normalized spacial score (nSPS) is 14.0. The molecule has 1 aliphatic rings. The highest BCUT2D eigenvalue weighted by atomic mass is 19.4. The number of halogens is 3. The first-order valence-corrected chi connectivity index (χ1v) is 9.16. The van der Waals surface area contributed by atoms with Crippen molar-refractivity contribution >= 4 is 11.9 Å². The first-order chi connectivity index (χ1) is 14.3. The number of rotatable bonds is 4. The summed E-state index contributed by atoms with van der Waals surface area (Å²) in [4.78, 5) is 24.7. The Balaban J connectivity index is 1.67. The van der Waals surface area contributed by atoms with E-state index in [1.54, 1.807) is 12.1 Å². The van der Waals surface area contributed by atoms with Crippen LogP contribution in [-0.4, -0.2) is 23.0 Å². The molecule has 0 radical (unpaired) electrons. The number of fused-ring (bicyclic) bond motifs is 3. The number of hydrogen-bond donors (Lipinski definition) is 2. The second-order valence-electron chi connectivity index (χ2n) is 7.02. The van der Waals surface area contributed by atoms with E-state index in [9.17, 15) is 27.9 Å². The maximum atomic E-state index is 12.7. The van der Waals surface area contributed by atoms with E-state index >= 15 is 0 Å². The van der Waals surface area contributed by atoms with Crippen LogP contribution in [0.25, 0.3) is 11.1 Å². The van der Waals surface area contributed by atoms with Gasteiger partial charge >= 0.3 is 12.1 Å². The summed E-state index contributed by atoms with van der Waals surface area (Å²) in [5.41, 5.74) is 2.42. The van der Waals surface area contributed by atoms with Crippen molar-refractivity contribution < 1.29 is 27.9 Å². The second kappa shape index (κ2) is 7.33. The Labute approximate surface area is 170 Å². The van der Waals surface area contributed by atoms with Crippen molar-refractivity contribution in [1.82, 2.24) is 5.32 Å². The average molecular weight is 411 g/mol. The average Bonchev–Trinajstić information content (AvgIpc) is 3.05. The number of alkyl halides is 3. The van der Waals surface area contributed by atoms with Crippen LogP contribution in [0.15, 0.2) is 72.8 Å². The molecule has 1 amide bonds. The molecule has 0 saturated carbocycles. The third-order valence-electron chi connectivity index (χ3n) is 5.24. The van der Waals surface area contributed by atoms with Crippen molar-refractivity contribution in [2.24, 2.45) is 0 Å². The van der Waals surface area contributed by atoms with E-state index in [-0.39, 0.29) is 5.56 Å². The van der Waals surface area contributed by atoms with Gasteiger partial charge in [-0.05, 0) is 46.5 Å². The second-order valence-corrected chi connectivity index (χ2v) is 7.02. The molecule has 1 aliphatic carbocycles. The van der Waals surface area contributed by atoms with E-state index in [4.69, 9.17) is 0 Å². The van der Waals surface area contributed by atoms with Crippen LogP contribution < -0.4 is 5.32 Å². The molecule has 0 spiro atoms. The number of benzene rings is 3. The lowest BCUT2D eigenvalue weighted by atomic mass is 9.89. The van der Waals surface area contributed by atoms with Crippen LogP contribution >= 0.6 is 0 Å². The lowest BCUT2D eigenvalue weighted by Crippen LogP contribution is -2.44. The number of amides is 1. The van der Waals surface area contributed by atoms with Gasteiger partial charge in [0.05, 0.1) is 5.56 Å². The number of carbonyl (C=O) groups is 2. The van der Waals surface area contributed by atoms with E-state index in [1.165, 1.54) is 0 Å². The van der Waals surface area contributed by atoms with Gasteiger partial charge in [-0.25, -0.2) is 4.79 Å². The van der Waals surface area contributed by atoms with E-state index in [0.717, 1.165) is 46.5 Å². The zero-order valence-electron chi connectivity index (χ0n) is 15.5. The minimum Gasteiger partial charge on any atom is -0.480 e. The van der Waals surface area contributed by atoms with Gasteiger partial charge in [0.15, 0.2) is 0 Å². The first kappa shape index (κ1) is 19.7. The summed E-state index contributed by atoms with van der Waals surface area (Å²) >= 11 is 0. The summed E-state index contributed by atoms with van der Waals surface area (Å²) in [6.07, 6.45) is -4.52. The van der Waals surface area contributed by atoms with Crippen LogP contribution in [0.4, 0.5) is 13.2 Å². The zero-order valence-corrected chi connectivity index (χ0v) is 15.5. The molecule has 3 aromatic rings. The molecule has 0 heterocycles. The summed E-state index contributed by atoms with van der Waals surface area (Å²) in [6.45, 7) is 0. The molecule has 4 nitrogen and oxygen atoms in total. The summed E-state index contributed by atoms with van der Waals surface area (Å²) in [6, 6.07) is 17.1. The fourth-order valence-corrected chi connectivity index (χ4v) is 3.88. The minimum absolute atomic E-state index is 0.0474. The standard InChI is InChI=1S/C23H16F3NO3/c24-23(25,26)14-11-9-13(10-12-14)21(28)27-20(22(29)30)19-17-7-3-1-5-15(17)16-6-2-4-8-18(16)19/h1-12,19-20H,(H,27,28)(H,29,30)/t20-/m0/s1. The summed E-state index contributed by atoms with van der Waals surface area (Å²) in [5.74, 6) is -2.60. The van der Waals surface area contributed by atoms with E-state index in [2.05, 4.69) is 5.32 Å². The van der Waals surface area contributed by atoms with Crippen LogP contribution in [0.3, 0.4) is 0 Å². The third-order valence-corrected chi connectivity index (χ3v) is 5.24. The molecule has 0 aliphatic heterocycles. The van der Waals surface area contributed by atoms with E-state index in [1.807, 2.05) is 36.4 Å². The van der Waals surface area contributed by atoms with Gasteiger partial charge in [-0.2, -0.15) is 13.2 Å². The smallest absolute Gasteiger partial charge is 0.416 e. The highest BCUT2D eigenvalue weighted by molar-refractivity contribution is 5.97. The predicted octanol–water partition coefficient (Wildman–Crippen LogP) is 4.70. The topological polar surface area (TPSA) is 66.4 Å². The Kier molecular flexibility index (Phi) is 4.81. The van der Waals surface area contributed by atoms with Crippen LogP contribution in [0.2, 0.25) is 0 Å². The number of carboxylic acid groups (broad SMARTS) is 1. The van der Waals surface area contributed by atoms with Crippen LogP contribution in [0, 0.1) is 0 Å². The molecule has 0 saturated heterocycles. The van der Waals surface area contributed by atoms with Crippen molar-refractivity contribution in [3.05, 3.63) is 95.1 Å². The van der Waals surface area contributed by atoms with Crippen LogP contribution in [0.5, 0.6) is 0 Å². The van der Waals surface area contributed by atoms with Crippen molar-refractivity contribution in [2.45, 2.75) is 18.1 Å². The molecule has 7 heteroatoms. The fraction of sp³-hybridized carbons (Fsp3) is 0.130. The lowest BCUT2D eigenvalue weighted by Gasteiger charge is -2.23. The number of nitrogens with one attached hydrogen (secondary N) is 1. The maximum Gasteiger partial charge on any atom is 0.416 e. The van der Waals surface area contributed by atoms with Gasteiger partial charge in [-0.3, -0.25) is 4.79 Å². The quantitative estimate of drug-likeness (QED) is 0.654. The van der Waals surface area contributed by atoms with Crippen LogP contribution in [0.1, 0.15) is 33.0 Å². The molecule has 4 rings (SSSR count). The van der Waals surface area contributed by atoms with Crippen molar-refractivity contribution in [2.75, 3.05) is 0 Å². The molecule has 3 aromatic carbocycles. The van der Waals surface area contributed by atoms with Gasteiger partial charge in [-0.15, -0.1) is 0 Å². The summed E-state index contributed by atoms with van der Waals surface area (Å²) in [7, 11) is 0. The van der Waals surface area contributed by atoms with E-state index in [0.29, 0.717) is 0 Å². The van der Waals surface area contributed by atoms with Gasteiger partial charge in [0, 0.05) is 11.5 Å². The Morgan fingerprint density at radius 2 is 1.33 bits per heavy atom. The van der Waals surface area contributed by atoms with Gasteiger partial charge in [0.1, 0.15) is 6.04 Å². The van der Waals surface area contributed by atoms with Gasteiger partial charge < -0.3 is 10.4 Å². The molecular weight excluding hydrogens is 395 g/mol. The molecule has 0 fully saturated rings. The minimum atomic E-state index is -4.52. The highest BCUT2D eigenvalue weighted by Gasteiger charge is 2.39. The molecule has 2 N–H and O–H groups in total. The Morgan fingerprint density at radius 1 is 0.833 bits per heavy atom. The molecule has 0 aromatic heterocycles. The number of carboxylic acids is 1. The third kappa shape index (κ3) is 3.43. The molecule has 1 atom stereocenters. The summed E-state index contributed by atoms with van der Waals surface area (Å²) in [5, 5.41) is 12.4. The first-order valence-electron chi connectivity index (χ1n) is 9.16. The largest absolute Gasteiger partial charge is 0.480 e. The van der Waals surface area contributed by atoms with Crippen molar-refractivity contribution in [1.29, 1.82) is 0 Å². The number of aliphatic carboxylic acids is 1. The van der Waals surface area contributed by atoms with Crippen LogP contribution in [-0.2, 0) is 11.0 Å². The van der Waals surface area contributed by atoms with Crippen molar-refractivity contribution in [3.63, 3.8) is 0 Å². The summed E-state index contributed by atoms with van der Waals surface area (Å²) < 4.78 is 38.2. The number of hydrogen-bond acceptors (Lipinski definition) is 2. The SMILES string of the molecule is O=C(N[C@H](C(=O)O)C1c2ccccc2-c2ccccc21)c1ccc(C(F)(F)F)cc1.